The van der Waals surface area contributed by atoms with Crippen molar-refractivity contribution in [1.82, 2.24) is 9.78 Å². The highest BCUT2D eigenvalue weighted by atomic mass is 16.5. The molecule has 0 fully saturated rings. The Hall–Kier alpha value is -1.36. The van der Waals surface area contributed by atoms with Gasteiger partial charge in [0.25, 0.3) is 0 Å². The number of nitrogens with two attached hydrogens (primary N) is 1. The highest BCUT2D eigenvalue weighted by molar-refractivity contribution is 5.98. The number of carbonyl (C=O) groups excluding carboxylic acids is 1. The van der Waals surface area contributed by atoms with Gasteiger partial charge in [-0.2, -0.15) is 5.10 Å². The first kappa shape index (κ1) is 13.7. The Morgan fingerprint density at radius 2 is 2.29 bits per heavy atom. The summed E-state index contributed by atoms with van der Waals surface area (Å²) in [5, 5.41) is 4.13. The van der Waals surface area contributed by atoms with Crippen LogP contribution in [0.5, 0.6) is 5.75 Å². The van der Waals surface area contributed by atoms with Gasteiger partial charge in [-0.1, -0.05) is 13.3 Å². The topological polar surface area (TPSA) is 70.1 Å². The molecule has 1 rings (SSSR count). The maximum atomic E-state index is 12.4. The minimum absolute atomic E-state index is 0.0329. The number of rotatable bonds is 7. The molecule has 1 aromatic heterocycles. The Balaban J connectivity index is 3.04. The molecule has 0 aliphatic heterocycles. The lowest BCUT2D eigenvalue weighted by molar-refractivity contribution is 0.0903. The maximum absolute atomic E-state index is 12.4. The molecule has 17 heavy (non-hydrogen) atoms. The number of methoxy groups -OCH3 is 1. The Labute approximate surface area is 102 Å². The van der Waals surface area contributed by atoms with Crippen molar-refractivity contribution in [2.75, 3.05) is 13.7 Å². The maximum Gasteiger partial charge on any atom is 0.188 e. The van der Waals surface area contributed by atoms with Crippen molar-refractivity contribution in [2.24, 2.45) is 11.7 Å². The third-order valence-electron chi connectivity index (χ3n) is 2.85. The predicted octanol–water partition coefficient (Wildman–Crippen LogP) is 1.47. The average molecular weight is 239 g/mol. The molecule has 5 heteroatoms. The van der Waals surface area contributed by atoms with Gasteiger partial charge in [-0.05, 0) is 13.3 Å². The number of Topliss-reactive ketones (excluding diaryl/α,β-unsaturated/α-hetero) is 1. The van der Waals surface area contributed by atoms with E-state index >= 15 is 0 Å². The SMILES string of the molecule is CCCC(CN)C(=O)c1c(OC)cnn1CC. The van der Waals surface area contributed by atoms with E-state index in [1.807, 2.05) is 13.8 Å². The molecular weight excluding hydrogens is 218 g/mol. The van der Waals surface area contributed by atoms with Gasteiger partial charge in [-0.15, -0.1) is 0 Å². The van der Waals surface area contributed by atoms with E-state index in [1.165, 1.54) is 0 Å². The molecule has 0 amide bonds. The molecule has 0 saturated carbocycles. The van der Waals surface area contributed by atoms with Gasteiger partial charge >= 0.3 is 0 Å². The van der Waals surface area contributed by atoms with Crippen molar-refractivity contribution in [1.29, 1.82) is 0 Å². The first-order valence-corrected chi connectivity index (χ1v) is 6.03. The number of nitrogens with zero attached hydrogens (tertiary/aromatic N) is 2. The van der Waals surface area contributed by atoms with Crippen LogP contribution in [0.3, 0.4) is 0 Å². The molecule has 0 saturated heterocycles. The van der Waals surface area contributed by atoms with Crippen molar-refractivity contribution < 1.29 is 9.53 Å². The van der Waals surface area contributed by atoms with Gasteiger partial charge in [-0.25, -0.2) is 0 Å². The first-order valence-electron chi connectivity index (χ1n) is 6.03. The van der Waals surface area contributed by atoms with Crippen LogP contribution in [0.1, 0.15) is 37.2 Å². The summed E-state index contributed by atoms with van der Waals surface area (Å²) in [5.41, 5.74) is 6.20. The smallest absolute Gasteiger partial charge is 0.188 e. The predicted molar refractivity (Wildman–Crippen MR) is 66.2 cm³/mol. The summed E-state index contributed by atoms with van der Waals surface area (Å²) in [6, 6.07) is 0. The fraction of sp³-hybridized carbons (Fsp3) is 0.667. The van der Waals surface area contributed by atoms with Crippen LogP contribution in [0, 0.1) is 5.92 Å². The van der Waals surface area contributed by atoms with E-state index in [1.54, 1.807) is 18.0 Å². The van der Waals surface area contributed by atoms with E-state index in [-0.39, 0.29) is 11.7 Å². The summed E-state index contributed by atoms with van der Waals surface area (Å²) >= 11 is 0. The molecule has 0 bridgehead atoms. The van der Waals surface area contributed by atoms with Gasteiger partial charge in [0, 0.05) is 19.0 Å². The van der Waals surface area contributed by atoms with Gasteiger partial charge in [0.15, 0.2) is 11.5 Å². The fourth-order valence-electron chi connectivity index (χ4n) is 1.90. The summed E-state index contributed by atoms with van der Waals surface area (Å²) in [6.45, 7) is 5.00. The second-order valence-corrected chi connectivity index (χ2v) is 3.96. The Kier molecular flexibility index (Phi) is 5.15. The van der Waals surface area contributed by atoms with Crippen molar-refractivity contribution >= 4 is 5.78 Å². The highest BCUT2D eigenvalue weighted by Crippen LogP contribution is 2.22. The van der Waals surface area contributed by atoms with Crippen LogP contribution < -0.4 is 10.5 Å². The minimum Gasteiger partial charge on any atom is -0.493 e. The van der Waals surface area contributed by atoms with Crippen molar-refractivity contribution in [3.63, 3.8) is 0 Å². The van der Waals surface area contributed by atoms with Crippen molar-refractivity contribution in [3.8, 4) is 5.75 Å². The summed E-state index contributed by atoms with van der Waals surface area (Å²) in [7, 11) is 1.55. The van der Waals surface area contributed by atoms with Crippen LogP contribution in [-0.4, -0.2) is 29.2 Å². The summed E-state index contributed by atoms with van der Waals surface area (Å²) in [6.07, 6.45) is 3.32. The van der Waals surface area contributed by atoms with E-state index in [0.717, 1.165) is 12.8 Å². The highest BCUT2D eigenvalue weighted by Gasteiger charge is 2.25. The summed E-state index contributed by atoms with van der Waals surface area (Å²) in [4.78, 5) is 12.4. The molecule has 1 aromatic rings. The molecular formula is C12H21N3O2. The molecule has 2 N–H and O–H groups in total. The minimum atomic E-state index is -0.143. The number of aromatic nitrogens is 2. The van der Waals surface area contributed by atoms with Gasteiger partial charge in [0.2, 0.25) is 0 Å². The number of hydrogen-bond acceptors (Lipinski definition) is 4. The molecule has 96 valence electrons. The van der Waals surface area contributed by atoms with Crippen LogP contribution in [-0.2, 0) is 6.54 Å². The van der Waals surface area contributed by atoms with Crippen LogP contribution >= 0.6 is 0 Å². The Bertz CT molecular complexity index is 352. The van der Waals surface area contributed by atoms with Gasteiger partial charge in [-0.3, -0.25) is 9.48 Å². The first-order chi connectivity index (χ1) is 8.19. The van der Waals surface area contributed by atoms with Gasteiger partial charge in [0.05, 0.1) is 13.3 Å². The molecule has 5 nitrogen and oxygen atoms in total. The number of ketones is 1. The molecule has 0 aliphatic carbocycles. The van der Waals surface area contributed by atoms with Crippen LogP contribution in [0.4, 0.5) is 0 Å². The Morgan fingerprint density at radius 3 is 2.76 bits per heavy atom. The largest absolute Gasteiger partial charge is 0.493 e. The normalized spacial score (nSPS) is 12.5. The molecule has 0 aliphatic rings. The molecule has 1 heterocycles. The summed E-state index contributed by atoms with van der Waals surface area (Å²) in [5.74, 6) is 0.424. The van der Waals surface area contributed by atoms with E-state index in [4.69, 9.17) is 10.5 Å². The zero-order valence-corrected chi connectivity index (χ0v) is 10.8. The molecule has 1 unspecified atom stereocenters. The van der Waals surface area contributed by atoms with Crippen LogP contribution in [0.25, 0.3) is 0 Å². The second-order valence-electron chi connectivity index (χ2n) is 3.96. The third-order valence-corrected chi connectivity index (χ3v) is 2.85. The number of hydrogen-bond donors (Lipinski definition) is 1. The molecule has 0 radical (unpaired) electrons. The third kappa shape index (κ3) is 2.85. The number of aryl methyl sites for hydroxylation is 1. The van der Waals surface area contributed by atoms with Gasteiger partial charge in [0.1, 0.15) is 5.69 Å². The second kappa shape index (κ2) is 6.39. The molecule has 0 spiro atoms. The number of carbonyl (C=O) groups is 1. The van der Waals surface area contributed by atoms with E-state index < -0.39 is 0 Å². The molecule has 1 atom stereocenters. The quantitative estimate of drug-likeness (QED) is 0.731. The van der Waals surface area contributed by atoms with Gasteiger partial charge < -0.3 is 10.5 Å². The van der Waals surface area contributed by atoms with Crippen LogP contribution in [0.15, 0.2) is 6.20 Å². The zero-order chi connectivity index (χ0) is 12.8. The van der Waals surface area contributed by atoms with E-state index in [2.05, 4.69) is 5.10 Å². The monoisotopic (exact) mass is 239 g/mol. The lowest BCUT2D eigenvalue weighted by Gasteiger charge is -2.14. The lowest BCUT2D eigenvalue weighted by Crippen LogP contribution is -2.26. The van der Waals surface area contributed by atoms with E-state index in [9.17, 15) is 4.79 Å². The zero-order valence-electron chi connectivity index (χ0n) is 10.8. The molecule has 0 aromatic carbocycles. The standard InChI is InChI=1S/C12H21N3O2/c1-4-6-9(7-13)12(16)11-10(17-3)8-14-15(11)5-2/h8-9H,4-7,13H2,1-3H3. The van der Waals surface area contributed by atoms with E-state index in [0.29, 0.717) is 24.5 Å². The average Bonchev–Trinajstić information content (AvgIpc) is 2.77. The Morgan fingerprint density at radius 1 is 1.59 bits per heavy atom. The fourth-order valence-corrected chi connectivity index (χ4v) is 1.90. The van der Waals surface area contributed by atoms with Crippen molar-refractivity contribution in [3.05, 3.63) is 11.9 Å². The van der Waals surface area contributed by atoms with Crippen molar-refractivity contribution in [2.45, 2.75) is 33.2 Å². The lowest BCUT2D eigenvalue weighted by atomic mass is 9.96. The summed E-state index contributed by atoms with van der Waals surface area (Å²) < 4.78 is 6.84. The van der Waals surface area contributed by atoms with Crippen LogP contribution in [0.2, 0.25) is 0 Å². The number of ether oxygens (including phenoxy) is 1.